The van der Waals surface area contributed by atoms with Crippen LogP contribution in [0.1, 0.15) is 0 Å². The van der Waals surface area contributed by atoms with Crippen molar-refractivity contribution in [1.29, 1.82) is 0 Å². The molecule has 13 heavy (non-hydrogen) atoms. The van der Waals surface area contributed by atoms with Gasteiger partial charge in [0.1, 0.15) is 0 Å². The van der Waals surface area contributed by atoms with Crippen molar-refractivity contribution in [3.05, 3.63) is 62.5 Å². The first-order valence-electron chi connectivity index (χ1n) is 2.65. The molecule has 1 aromatic rings. The number of nitrogens with zero attached hydrogens (tertiary/aromatic N) is 7. The average molecular weight is 229 g/mol. The largest absolute Gasteiger partial charge is 2.00 e. The van der Waals surface area contributed by atoms with Crippen LogP contribution >= 0.6 is 0 Å². The molecule has 1 aromatic heterocycles. The summed E-state index contributed by atoms with van der Waals surface area (Å²) in [5.41, 5.74) is 27.0. The van der Waals surface area contributed by atoms with Gasteiger partial charge in [-0.05, 0) is 12.1 Å². The molecule has 1 rings (SSSR count). The van der Waals surface area contributed by atoms with Crippen LogP contribution < -0.4 is 0 Å². The third-order valence-corrected chi connectivity index (χ3v) is 0.566. The minimum Gasteiger partial charge on any atom is -0.373 e. The fraction of sp³-hybridized carbons (Fsp3) is 0. The van der Waals surface area contributed by atoms with Gasteiger partial charge in [-0.15, -0.1) is 0 Å². The zero-order valence-corrected chi connectivity index (χ0v) is 9.69. The summed E-state index contributed by atoms with van der Waals surface area (Å²) >= 11 is 0. The van der Waals surface area contributed by atoms with Gasteiger partial charge in [-0.2, -0.15) is 0 Å². The molecule has 0 amide bonds. The van der Waals surface area contributed by atoms with Crippen LogP contribution in [0.2, 0.25) is 0 Å². The van der Waals surface area contributed by atoms with Gasteiger partial charge < -0.3 is 22.1 Å². The number of pyridine rings is 1. The van der Waals surface area contributed by atoms with E-state index in [9.17, 15) is 0 Å². The van der Waals surface area contributed by atoms with Crippen molar-refractivity contribution in [3.8, 4) is 0 Å². The summed E-state index contributed by atoms with van der Waals surface area (Å²) in [5.74, 6) is 0. The molecule has 1 heterocycles. The Labute approximate surface area is 87.4 Å². The first-order chi connectivity index (χ1) is 5.83. The van der Waals surface area contributed by atoms with E-state index in [0.717, 1.165) is 0 Å². The van der Waals surface area contributed by atoms with E-state index in [1.807, 2.05) is 18.2 Å². The molecule has 0 bridgehead atoms. The second kappa shape index (κ2) is 22.4. The molecular formula is C5H5N7Zn. The van der Waals surface area contributed by atoms with E-state index in [4.69, 9.17) is 22.1 Å². The van der Waals surface area contributed by atoms with Crippen molar-refractivity contribution in [1.82, 2.24) is 4.98 Å². The third-order valence-electron chi connectivity index (χ3n) is 0.566. The molecule has 0 radical (unpaired) electrons. The van der Waals surface area contributed by atoms with E-state index in [0.29, 0.717) is 0 Å². The SMILES string of the molecule is [N-]=[N+]=[N-].[N-]=[N+]=[N-].[Zn+2].c1ccncc1. The minimum atomic E-state index is 0. The molecule has 0 unspecified atom stereocenters. The number of rotatable bonds is 0. The Bertz CT molecular complexity index is 198. The van der Waals surface area contributed by atoms with Crippen LogP contribution in [0, 0.1) is 0 Å². The van der Waals surface area contributed by atoms with Gasteiger partial charge in [-0.3, -0.25) is 14.8 Å². The molecule has 0 N–H and O–H groups in total. The maximum Gasteiger partial charge on any atom is 2.00 e. The predicted octanol–water partition coefficient (Wildman–Crippen LogP) is 2.81. The average Bonchev–Trinajstić information content (AvgIpc) is 2.10. The van der Waals surface area contributed by atoms with Gasteiger partial charge in [0.15, 0.2) is 0 Å². The minimum absolute atomic E-state index is 0. The molecule has 0 aromatic carbocycles. The van der Waals surface area contributed by atoms with Crippen molar-refractivity contribution in [2.45, 2.75) is 0 Å². The van der Waals surface area contributed by atoms with Crippen molar-refractivity contribution in [2.75, 3.05) is 0 Å². The summed E-state index contributed by atoms with van der Waals surface area (Å²) in [6, 6.07) is 5.72. The standard InChI is InChI=1S/C5H5N.2N3.Zn/c1-2-4-6-5-3-1;2*1-3-2;/h1-5H;;;/q;2*-1;+2. The zero-order chi connectivity index (χ0) is 9.66. The molecule has 62 valence electrons. The number of hydrogen-bond acceptors (Lipinski definition) is 1. The Morgan fingerprint density at radius 2 is 1.08 bits per heavy atom. The Morgan fingerprint density at radius 3 is 1.15 bits per heavy atom. The number of aromatic nitrogens is 1. The van der Waals surface area contributed by atoms with Crippen molar-refractivity contribution in [3.63, 3.8) is 0 Å². The van der Waals surface area contributed by atoms with Gasteiger partial charge in [0.05, 0.1) is 0 Å². The van der Waals surface area contributed by atoms with E-state index in [-0.39, 0.29) is 19.5 Å². The van der Waals surface area contributed by atoms with Gasteiger partial charge in [0, 0.05) is 12.4 Å². The monoisotopic (exact) mass is 227 g/mol. The smallest absolute Gasteiger partial charge is 0.373 e. The summed E-state index contributed by atoms with van der Waals surface area (Å²) in [5, 5.41) is 0. The molecule has 0 aliphatic rings. The van der Waals surface area contributed by atoms with Crippen LogP contribution in [0.25, 0.3) is 31.9 Å². The van der Waals surface area contributed by atoms with Gasteiger partial charge in [0.25, 0.3) is 0 Å². The van der Waals surface area contributed by atoms with Crippen LogP contribution in [0.3, 0.4) is 0 Å². The normalized spacial score (nSPS) is 4.92. The molecule has 7 nitrogen and oxygen atoms in total. The molecule has 0 atom stereocenters. The summed E-state index contributed by atoms with van der Waals surface area (Å²) in [4.78, 5) is 6.78. The van der Waals surface area contributed by atoms with E-state index in [1.54, 1.807) is 12.4 Å². The first kappa shape index (κ1) is 17.5. The molecule has 0 aliphatic carbocycles. The van der Waals surface area contributed by atoms with E-state index < -0.39 is 0 Å². The van der Waals surface area contributed by atoms with Gasteiger partial charge in [-0.25, -0.2) is 0 Å². The van der Waals surface area contributed by atoms with Gasteiger partial charge >= 0.3 is 19.5 Å². The van der Waals surface area contributed by atoms with Gasteiger partial charge in [-0.1, -0.05) is 6.07 Å². The Kier molecular flexibility index (Phi) is 30.2. The van der Waals surface area contributed by atoms with Crippen LogP contribution in [0.5, 0.6) is 0 Å². The maximum atomic E-state index is 6.75. The van der Waals surface area contributed by atoms with E-state index in [2.05, 4.69) is 4.98 Å². The first-order valence-corrected chi connectivity index (χ1v) is 2.65. The fourth-order valence-corrected chi connectivity index (χ4v) is 0.313. The number of hydrogen-bond donors (Lipinski definition) is 0. The predicted molar refractivity (Wildman–Crippen MR) is 44.4 cm³/mol. The zero-order valence-electron chi connectivity index (χ0n) is 6.72. The summed E-state index contributed by atoms with van der Waals surface area (Å²) < 4.78 is 0. The van der Waals surface area contributed by atoms with Crippen molar-refractivity contribution in [2.24, 2.45) is 0 Å². The summed E-state index contributed by atoms with van der Waals surface area (Å²) in [7, 11) is 0. The molecular weight excluding hydrogens is 223 g/mol. The summed E-state index contributed by atoms with van der Waals surface area (Å²) in [6.45, 7) is 0. The maximum absolute atomic E-state index is 6.75. The second-order valence-electron chi connectivity index (χ2n) is 1.20. The van der Waals surface area contributed by atoms with Crippen molar-refractivity contribution < 1.29 is 19.5 Å². The molecule has 0 spiro atoms. The molecule has 0 fully saturated rings. The van der Waals surface area contributed by atoms with Crippen LogP contribution in [0.4, 0.5) is 0 Å². The molecule has 0 aliphatic heterocycles. The van der Waals surface area contributed by atoms with Crippen LogP contribution in [-0.4, -0.2) is 4.98 Å². The molecule has 0 saturated carbocycles. The van der Waals surface area contributed by atoms with Crippen LogP contribution in [-0.2, 0) is 19.5 Å². The second-order valence-corrected chi connectivity index (χ2v) is 1.20. The quantitative estimate of drug-likeness (QED) is 0.287. The molecule has 0 saturated heterocycles. The van der Waals surface area contributed by atoms with E-state index >= 15 is 0 Å². The summed E-state index contributed by atoms with van der Waals surface area (Å²) in [6.07, 6.45) is 3.50. The van der Waals surface area contributed by atoms with E-state index in [1.165, 1.54) is 9.82 Å². The van der Waals surface area contributed by atoms with Crippen LogP contribution in [0.15, 0.2) is 30.6 Å². The van der Waals surface area contributed by atoms with Crippen molar-refractivity contribution >= 4 is 0 Å². The Balaban J connectivity index is -0.000000126. The third kappa shape index (κ3) is 37.9. The Hall–Kier alpha value is -1.61. The topological polar surface area (TPSA) is 130 Å². The molecule has 8 heteroatoms. The fourth-order valence-electron chi connectivity index (χ4n) is 0.313. The van der Waals surface area contributed by atoms with Gasteiger partial charge in [0.2, 0.25) is 0 Å². The Morgan fingerprint density at radius 1 is 0.769 bits per heavy atom.